The van der Waals surface area contributed by atoms with Gasteiger partial charge in [-0.15, -0.1) is 0 Å². The molecule has 0 aliphatic carbocycles. The van der Waals surface area contributed by atoms with E-state index >= 15 is 0 Å². The Hall–Kier alpha value is -2.68. The number of benzene rings is 2. The molecule has 0 saturated heterocycles. The molecule has 9 heteroatoms. The molecular weight excluding hydrogens is 356 g/mol. The number of methoxy groups -OCH3 is 1. The number of sulfonamides is 1. The van der Waals surface area contributed by atoms with Crippen molar-refractivity contribution in [2.24, 2.45) is 0 Å². The Labute approximate surface area is 143 Å². The van der Waals surface area contributed by atoms with Crippen molar-refractivity contribution in [1.82, 2.24) is 4.72 Å². The average molecular weight is 371 g/mol. The first-order valence-electron chi connectivity index (χ1n) is 6.94. The summed E-state index contributed by atoms with van der Waals surface area (Å²) in [6.45, 7) is 1.82. The van der Waals surface area contributed by atoms with E-state index in [-0.39, 0.29) is 5.75 Å². The molecule has 134 valence electrons. The molecule has 2 aromatic rings. The second-order valence-corrected chi connectivity index (χ2v) is 6.97. The Morgan fingerprint density at radius 1 is 1.04 bits per heavy atom. The number of hydrogen-bond acceptors (Lipinski definition) is 5. The molecule has 0 aliphatic heterocycles. The topological polar surface area (TPSA) is 81.7 Å². The first-order chi connectivity index (χ1) is 11.6. The summed E-state index contributed by atoms with van der Waals surface area (Å²) in [6, 6.07) is 6.09. The first-order valence-corrected chi connectivity index (χ1v) is 8.83. The Morgan fingerprint density at radius 2 is 1.72 bits per heavy atom. The third-order valence-corrected chi connectivity index (χ3v) is 3.64. The number of amides is 1. The maximum atomic E-state index is 14.2. The summed E-state index contributed by atoms with van der Waals surface area (Å²) in [4.78, 5) is 11.7. The lowest BCUT2D eigenvalue weighted by Crippen LogP contribution is -2.30. The molecule has 0 aromatic heterocycles. The minimum Gasteiger partial charge on any atom is -0.493 e. The van der Waals surface area contributed by atoms with E-state index < -0.39 is 38.9 Å². The van der Waals surface area contributed by atoms with Crippen LogP contribution in [0.5, 0.6) is 17.2 Å². The highest BCUT2D eigenvalue weighted by Gasteiger charge is 2.20. The molecule has 0 radical (unpaired) electrons. The number of carbonyl (C=O) groups excluding carboxylic acids is 1. The quantitative estimate of drug-likeness (QED) is 0.874. The molecule has 0 heterocycles. The van der Waals surface area contributed by atoms with Crippen LogP contribution in [0.2, 0.25) is 0 Å². The minimum absolute atomic E-state index is 0.153. The summed E-state index contributed by atoms with van der Waals surface area (Å²) in [5, 5.41) is 0. The van der Waals surface area contributed by atoms with Gasteiger partial charge in [0.15, 0.2) is 23.1 Å². The third kappa shape index (κ3) is 4.66. The number of ether oxygens (including phenoxy) is 2. The van der Waals surface area contributed by atoms with E-state index in [0.29, 0.717) is 17.9 Å². The summed E-state index contributed by atoms with van der Waals surface area (Å²) in [5.41, 5.74) is 0.120. The van der Waals surface area contributed by atoms with Crippen LogP contribution >= 0.6 is 0 Å². The molecule has 0 aliphatic rings. The van der Waals surface area contributed by atoms with E-state index in [0.717, 1.165) is 11.8 Å². The predicted molar refractivity (Wildman–Crippen MR) is 86.5 cm³/mol. The number of halogens is 2. The van der Waals surface area contributed by atoms with E-state index in [2.05, 4.69) is 0 Å². The van der Waals surface area contributed by atoms with Gasteiger partial charge in [-0.2, -0.15) is 0 Å². The lowest BCUT2D eigenvalue weighted by atomic mass is 10.2. The maximum Gasteiger partial charge on any atom is 0.267 e. The minimum atomic E-state index is -3.91. The SMILES string of the molecule is COc1cc(C)ccc1Oc1cc(F)c(C(=O)NS(C)(=O)=O)cc1F. The zero-order valence-electron chi connectivity index (χ0n) is 13.6. The molecule has 0 bridgehead atoms. The highest BCUT2D eigenvalue weighted by Crippen LogP contribution is 2.34. The van der Waals surface area contributed by atoms with Crippen molar-refractivity contribution < 1.29 is 31.5 Å². The normalized spacial score (nSPS) is 11.1. The van der Waals surface area contributed by atoms with Gasteiger partial charge in [0.1, 0.15) is 5.82 Å². The lowest BCUT2D eigenvalue weighted by molar-refractivity contribution is 0.0977. The number of nitrogens with one attached hydrogen (secondary N) is 1. The Balaban J connectivity index is 2.36. The van der Waals surface area contributed by atoms with Crippen molar-refractivity contribution in [3.05, 3.63) is 53.1 Å². The molecule has 1 amide bonds. The van der Waals surface area contributed by atoms with Gasteiger partial charge in [-0.25, -0.2) is 21.9 Å². The van der Waals surface area contributed by atoms with Crippen molar-refractivity contribution in [2.75, 3.05) is 13.4 Å². The Kier molecular flexibility index (Phi) is 5.27. The summed E-state index contributed by atoms with van der Waals surface area (Å²) in [5.74, 6) is -3.46. The molecule has 0 saturated carbocycles. The molecule has 0 spiro atoms. The predicted octanol–water partition coefficient (Wildman–Crippen LogP) is 2.76. The van der Waals surface area contributed by atoms with Crippen molar-refractivity contribution in [3.8, 4) is 17.2 Å². The maximum absolute atomic E-state index is 14.2. The zero-order chi connectivity index (χ0) is 18.8. The number of hydrogen-bond donors (Lipinski definition) is 1. The fourth-order valence-electron chi connectivity index (χ4n) is 1.98. The molecular formula is C16H15F2NO5S. The zero-order valence-corrected chi connectivity index (χ0v) is 14.4. The van der Waals surface area contributed by atoms with Gasteiger partial charge in [0.2, 0.25) is 10.0 Å². The van der Waals surface area contributed by atoms with Gasteiger partial charge in [0.25, 0.3) is 5.91 Å². The smallest absolute Gasteiger partial charge is 0.267 e. The molecule has 2 rings (SSSR count). The van der Waals surface area contributed by atoms with Crippen LogP contribution in [0, 0.1) is 18.6 Å². The van der Waals surface area contributed by atoms with E-state index in [1.165, 1.54) is 13.2 Å². The highest BCUT2D eigenvalue weighted by molar-refractivity contribution is 7.89. The summed E-state index contributed by atoms with van der Waals surface area (Å²) in [7, 11) is -2.51. The summed E-state index contributed by atoms with van der Waals surface area (Å²) < 4.78 is 62.3. The van der Waals surface area contributed by atoms with Crippen LogP contribution in [0.1, 0.15) is 15.9 Å². The largest absolute Gasteiger partial charge is 0.493 e. The van der Waals surface area contributed by atoms with Crippen LogP contribution in [0.3, 0.4) is 0 Å². The molecule has 0 atom stereocenters. The summed E-state index contributed by atoms with van der Waals surface area (Å²) >= 11 is 0. The van der Waals surface area contributed by atoms with Crippen LogP contribution in [-0.2, 0) is 10.0 Å². The lowest BCUT2D eigenvalue weighted by Gasteiger charge is -2.12. The molecule has 2 aromatic carbocycles. The van der Waals surface area contributed by atoms with Crippen molar-refractivity contribution in [2.45, 2.75) is 6.92 Å². The van der Waals surface area contributed by atoms with Gasteiger partial charge in [0.05, 0.1) is 18.9 Å². The summed E-state index contributed by atoms with van der Waals surface area (Å²) in [6.07, 6.45) is 0.723. The number of rotatable bonds is 5. The van der Waals surface area contributed by atoms with Crippen LogP contribution in [0.25, 0.3) is 0 Å². The average Bonchev–Trinajstić information content (AvgIpc) is 2.50. The highest BCUT2D eigenvalue weighted by atomic mass is 32.2. The van der Waals surface area contributed by atoms with E-state index in [4.69, 9.17) is 9.47 Å². The fraction of sp³-hybridized carbons (Fsp3) is 0.188. The van der Waals surface area contributed by atoms with Crippen LogP contribution in [0.4, 0.5) is 8.78 Å². The van der Waals surface area contributed by atoms with E-state index in [1.807, 2.05) is 6.92 Å². The standard InChI is InChI=1S/C16H15F2NO5S/c1-9-4-5-13(15(6-9)23-2)24-14-8-11(17)10(7-12(14)18)16(20)19-25(3,21)22/h4-8H,1-3H3,(H,19,20). The van der Waals surface area contributed by atoms with Crippen molar-refractivity contribution >= 4 is 15.9 Å². The van der Waals surface area contributed by atoms with Gasteiger partial charge in [-0.05, 0) is 30.7 Å². The Morgan fingerprint density at radius 3 is 2.32 bits per heavy atom. The van der Waals surface area contributed by atoms with E-state index in [9.17, 15) is 22.0 Å². The van der Waals surface area contributed by atoms with Crippen LogP contribution in [0.15, 0.2) is 30.3 Å². The van der Waals surface area contributed by atoms with Crippen molar-refractivity contribution in [3.63, 3.8) is 0 Å². The molecule has 1 N–H and O–H groups in total. The molecule has 6 nitrogen and oxygen atoms in total. The van der Waals surface area contributed by atoms with Crippen molar-refractivity contribution in [1.29, 1.82) is 0 Å². The van der Waals surface area contributed by atoms with Gasteiger partial charge >= 0.3 is 0 Å². The second-order valence-electron chi connectivity index (χ2n) is 5.22. The van der Waals surface area contributed by atoms with Gasteiger partial charge in [-0.3, -0.25) is 4.79 Å². The third-order valence-electron chi connectivity index (χ3n) is 3.08. The van der Waals surface area contributed by atoms with E-state index in [1.54, 1.807) is 16.9 Å². The first kappa shape index (κ1) is 18.7. The van der Waals surface area contributed by atoms with Gasteiger partial charge in [-0.1, -0.05) is 6.07 Å². The molecule has 0 unspecified atom stereocenters. The fourth-order valence-corrected chi connectivity index (χ4v) is 2.43. The molecule has 0 fully saturated rings. The van der Waals surface area contributed by atoms with Gasteiger partial charge < -0.3 is 9.47 Å². The molecule has 25 heavy (non-hydrogen) atoms. The number of aryl methyl sites for hydroxylation is 1. The van der Waals surface area contributed by atoms with Crippen LogP contribution in [-0.4, -0.2) is 27.7 Å². The second kappa shape index (κ2) is 7.06. The van der Waals surface area contributed by atoms with Crippen LogP contribution < -0.4 is 14.2 Å². The monoisotopic (exact) mass is 371 g/mol. The van der Waals surface area contributed by atoms with Gasteiger partial charge in [0, 0.05) is 6.07 Å². The number of carbonyl (C=O) groups is 1. The Bertz CT molecular complexity index is 928.